The first-order valence-corrected chi connectivity index (χ1v) is 9.82. The SMILES string of the molecule is Cc1cc(C2=CCC(C(=O)Nc3cccc(F)c3N3CCC[C@@H](N)C3)=N2)ccn1. The number of aliphatic imine (C=N–C) groups is 1. The van der Waals surface area contributed by atoms with Crippen LogP contribution in [0.1, 0.15) is 30.5 Å². The Morgan fingerprint density at radius 1 is 1.34 bits per heavy atom. The van der Waals surface area contributed by atoms with Crippen molar-refractivity contribution in [3.63, 3.8) is 0 Å². The summed E-state index contributed by atoms with van der Waals surface area (Å²) in [5, 5.41) is 2.85. The standard InChI is InChI=1S/C22H24FN5O/c1-14-12-15(9-10-25-14)18-7-8-20(26-18)22(29)27-19-6-2-5-17(23)21(19)28-11-3-4-16(24)13-28/h2,5-7,9-10,12,16H,3-4,8,11,13,24H2,1H3,(H,27,29)/t16-/m1/s1. The van der Waals surface area contributed by atoms with Gasteiger partial charge >= 0.3 is 0 Å². The summed E-state index contributed by atoms with van der Waals surface area (Å²) in [4.78, 5) is 23.4. The number of nitrogens with two attached hydrogens (primary N) is 1. The number of para-hydroxylation sites is 1. The van der Waals surface area contributed by atoms with Crippen LogP contribution in [0.2, 0.25) is 0 Å². The van der Waals surface area contributed by atoms with E-state index in [1.54, 1.807) is 18.3 Å². The maximum atomic E-state index is 14.6. The third kappa shape index (κ3) is 4.19. The van der Waals surface area contributed by atoms with Crippen molar-refractivity contribution in [3.8, 4) is 0 Å². The molecule has 0 bridgehead atoms. The van der Waals surface area contributed by atoms with Gasteiger partial charge in [0.2, 0.25) is 0 Å². The minimum Gasteiger partial charge on any atom is -0.366 e. The van der Waals surface area contributed by atoms with E-state index in [0.29, 0.717) is 36.6 Å². The molecule has 29 heavy (non-hydrogen) atoms. The normalized spacial score (nSPS) is 19.0. The number of piperidine rings is 1. The lowest BCUT2D eigenvalue weighted by molar-refractivity contribution is -0.110. The fourth-order valence-electron chi connectivity index (χ4n) is 3.81. The van der Waals surface area contributed by atoms with Crippen molar-refractivity contribution in [2.45, 2.75) is 32.2 Å². The van der Waals surface area contributed by atoms with Crippen molar-refractivity contribution >= 4 is 28.7 Å². The molecule has 1 aromatic heterocycles. The second kappa shape index (κ2) is 8.13. The molecule has 0 radical (unpaired) electrons. The smallest absolute Gasteiger partial charge is 0.270 e. The first-order valence-electron chi connectivity index (χ1n) is 9.82. The summed E-state index contributed by atoms with van der Waals surface area (Å²) in [5.41, 5.74) is 9.87. The lowest BCUT2D eigenvalue weighted by atomic mass is 10.1. The molecule has 150 valence electrons. The first kappa shape index (κ1) is 19.3. The second-order valence-corrected chi connectivity index (χ2v) is 7.48. The van der Waals surface area contributed by atoms with Gasteiger partial charge in [0.1, 0.15) is 11.5 Å². The molecule has 7 heteroatoms. The summed E-state index contributed by atoms with van der Waals surface area (Å²) in [6.45, 7) is 3.19. The van der Waals surface area contributed by atoms with E-state index in [4.69, 9.17) is 5.73 Å². The lowest BCUT2D eigenvalue weighted by Gasteiger charge is -2.34. The van der Waals surface area contributed by atoms with Crippen LogP contribution in [0.5, 0.6) is 0 Å². The number of hydrogen-bond acceptors (Lipinski definition) is 5. The van der Waals surface area contributed by atoms with Crippen molar-refractivity contribution in [3.05, 3.63) is 59.7 Å². The summed E-state index contributed by atoms with van der Waals surface area (Å²) in [6.07, 6.45) is 5.89. The highest BCUT2D eigenvalue weighted by atomic mass is 19.1. The summed E-state index contributed by atoms with van der Waals surface area (Å²) in [7, 11) is 0. The fourth-order valence-corrected chi connectivity index (χ4v) is 3.81. The molecular weight excluding hydrogens is 369 g/mol. The molecule has 0 saturated carbocycles. The number of carbonyl (C=O) groups is 1. The third-order valence-corrected chi connectivity index (χ3v) is 5.21. The van der Waals surface area contributed by atoms with E-state index in [2.05, 4.69) is 15.3 Å². The molecule has 4 rings (SSSR count). The molecule has 2 aliphatic rings. The monoisotopic (exact) mass is 393 g/mol. The number of halogens is 1. The van der Waals surface area contributed by atoms with E-state index in [1.807, 2.05) is 30.0 Å². The van der Waals surface area contributed by atoms with Gasteiger partial charge in [-0.2, -0.15) is 0 Å². The van der Waals surface area contributed by atoms with Gasteiger partial charge < -0.3 is 16.0 Å². The highest BCUT2D eigenvalue weighted by molar-refractivity contribution is 6.45. The Bertz CT molecular complexity index is 1000. The molecule has 2 aromatic rings. The van der Waals surface area contributed by atoms with Crippen LogP contribution in [0, 0.1) is 12.7 Å². The Morgan fingerprint density at radius 3 is 3.00 bits per heavy atom. The van der Waals surface area contributed by atoms with Crippen LogP contribution >= 0.6 is 0 Å². The van der Waals surface area contributed by atoms with E-state index >= 15 is 0 Å². The molecule has 0 unspecified atom stereocenters. The van der Waals surface area contributed by atoms with Gasteiger partial charge in [0.25, 0.3) is 5.91 Å². The van der Waals surface area contributed by atoms with Crippen LogP contribution in [-0.2, 0) is 4.79 Å². The Kier molecular flexibility index (Phi) is 5.40. The summed E-state index contributed by atoms with van der Waals surface area (Å²) >= 11 is 0. The quantitative estimate of drug-likeness (QED) is 0.835. The number of aromatic nitrogens is 1. The fraction of sp³-hybridized carbons (Fsp3) is 0.318. The molecule has 2 aliphatic heterocycles. The zero-order valence-corrected chi connectivity index (χ0v) is 16.4. The van der Waals surface area contributed by atoms with Gasteiger partial charge in [-0.05, 0) is 44.0 Å². The van der Waals surface area contributed by atoms with Gasteiger partial charge in [0.05, 0.1) is 17.1 Å². The molecule has 3 N–H and O–H groups in total. The summed E-state index contributed by atoms with van der Waals surface area (Å²) in [6, 6.07) is 8.52. The summed E-state index contributed by atoms with van der Waals surface area (Å²) < 4.78 is 14.6. The molecule has 3 heterocycles. The first-order chi connectivity index (χ1) is 14.0. The second-order valence-electron chi connectivity index (χ2n) is 7.48. The van der Waals surface area contributed by atoms with Gasteiger partial charge in [-0.1, -0.05) is 12.1 Å². The van der Waals surface area contributed by atoms with Crippen LogP contribution < -0.4 is 16.0 Å². The molecular formula is C22H24FN5O. The number of nitrogens with zero attached hydrogens (tertiary/aromatic N) is 3. The number of pyridine rings is 1. The molecule has 6 nitrogen and oxygen atoms in total. The van der Waals surface area contributed by atoms with E-state index < -0.39 is 0 Å². The summed E-state index contributed by atoms with van der Waals surface area (Å²) in [5.74, 6) is -0.688. The van der Waals surface area contributed by atoms with Gasteiger partial charge in [-0.15, -0.1) is 0 Å². The number of carbonyl (C=O) groups excluding carboxylic acids is 1. The van der Waals surface area contributed by atoms with E-state index in [9.17, 15) is 9.18 Å². The topological polar surface area (TPSA) is 83.6 Å². The van der Waals surface area contributed by atoms with Crippen molar-refractivity contribution in [2.24, 2.45) is 10.7 Å². The maximum absolute atomic E-state index is 14.6. The van der Waals surface area contributed by atoms with Gasteiger partial charge in [-0.25, -0.2) is 9.38 Å². The lowest BCUT2D eigenvalue weighted by Crippen LogP contribution is -2.43. The third-order valence-electron chi connectivity index (χ3n) is 5.21. The van der Waals surface area contributed by atoms with Crippen molar-refractivity contribution in [1.29, 1.82) is 0 Å². The van der Waals surface area contributed by atoms with Crippen LogP contribution in [0.15, 0.2) is 47.6 Å². The average Bonchev–Trinajstić information content (AvgIpc) is 3.18. The molecule has 1 saturated heterocycles. The van der Waals surface area contributed by atoms with Crippen LogP contribution in [0.4, 0.5) is 15.8 Å². The Labute approximate surface area is 169 Å². The molecule has 0 spiro atoms. The largest absolute Gasteiger partial charge is 0.366 e. The zero-order valence-electron chi connectivity index (χ0n) is 16.4. The molecule has 1 aromatic carbocycles. The average molecular weight is 393 g/mol. The Balaban J connectivity index is 1.54. The van der Waals surface area contributed by atoms with Crippen LogP contribution in [0.3, 0.4) is 0 Å². The minimum absolute atomic E-state index is 0.00157. The number of amides is 1. The predicted octanol–water partition coefficient (Wildman–Crippen LogP) is 3.28. The number of rotatable bonds is 4. The van der Waals surface area contributed by atoms with Crippen molar-refractivity contribution in [1.82, 2.24) is 4.98 Å². The van der Waals surface area contributed by atoms with Crippen molar-refractivity contribution in [2.75, 3.05) is 23.3 Å². The highest BCUT2D eigenvalue weighted by Gasteiger charge is 2.24. The highest BCUT2D eigenvalue weighted by Crippen LogP contribution is 2.32. The Hall–Kier alpha value is -3.06. The minimum atomic E-state index is -0.365. The zero-order chi connectivity index (χ0) is 20.4. The van der Waals surface area contributed by atoms with Crippen LogP contribution in [-0.4, -0.2) is 35.7 Å². The van der Waals surface area contributed by atoms with E-state index in [1.165, 1.54) is 6.07 Å². The van der Waals surface area contributed by atoms with Crippen LogP contribution in [0.25, 0.3) is 5.70 Å². The number of aryl methyl sites for hydroxylation is 1. The van der Waals surface area contributed by atoms with Gasteiger partial charge in [-0.3, -0.25) is 9.78 Å². The molecule has 1 amide bonds. The van der Waals surface area contributed by atoms with E-state index in [-0.39, 0.29) is 17.8 Å². The number of anilines is 2. The number of nitrogens with one attached hydrogen (secondary N) is 1. The Morgan fingerprint density at radius 2 is 2.21 bits per heavy atom. The van der Waals surface area contributed by atoms with Gasteiger partial charge in [0, 0.05) is 43.0 Å². The molecule has 0 aliphatic carbocycles. The molecule has 1 atom stereocenters. The van der Waals surface area contributed by atoms with Gasteiger partial charge in [0.15, 0.2) is 0 Å². The maximum Gasteiger partial charge on any atom is 0.270 e. The number of hydrogen-bond donors (Lipinski definition) is 2. The number of allylic oxidation sites excluding steroid dienone is 1. The number of benzene rings is 1. The van der Waals surface area contributed by atoms with E-state index in [0.717, 1.165) is 29.8 Å². The predicted molar refractivity (Wildman–Crippen MR) is 113 cm³/mol. The van der Waals surface area contributed by atoms with Crippen molar-refractivity contribution < 1.29 is 9.18 Å². The molecule has 1 fully saturated rings.